The molecule has 0 amide bonds. The molecule has 92 valence electrons. The van der Waals surface area contributed by atoms with Gasteiger partial charge in [-0.05, 0) is 29.9 Å². The molecule has 1 heterocycles. The zero-order valence-electron chi connectivity index (χ0n) is 9.80. The number of carbonyl (C=O) groups is 1. The highest BCUT2D eigenvalue weighted by Crippen LogP contribution is 2.35. The first kappa shape index (κ1) is 13.3. The lowest BCUT2D eigenvalue weighted by Gasteiger charge is -2.21. The summed E-state index contributed by atoms with van der Waals surface area (Å²) in [5.41, 5.74) is 2.08. The smallest absolute Gasteiger partial charge is 0.340 e. The number of benzene rings is 1. The molecule has 1 aliphatic rings. The van der Waals surface area contributed by atoms with E-state index < -0.39 is 5.97 Å². The van der Waals surface area contributed by atoms with Crippen molar-refractivity contribution in [2.24, 2.45) is 0 Å². The van der Waals surface area contributed by atoms with Crippen LogP contribution >= 0.6 is 23.2 Å². The van der Waals surface area contributed by atoms with Crippen LogP contribution < -0.4 is 0 Å². The fraction of sp³-hybridized carbons (Fsp3) is 0.333. The fourth-order valence-corrected chi connectivity index (χ4v) is 2.99. The van der Waals surface area contributed by atoms with Crippen molar-refractivity contribution in [3.8, 4) is 5.97 Å². The van der Waals surface area contributed by atoms with Gasteiger partial charge in [-0.2, -0.15) is 0 Å². The Bertz CT molecular complexity index is 554. The van der Waals surface area contributed by atoms with Crippen LogP contribution in [0.5, 0.6) is 0 Å². The second-order valence-corrected chi connectivity index (χ2v) is 5.03. The van der Waals surface area contributed by atoms with Gasteiger partial charge < -0.3 is 4.74 Å². The largest absolute Gasteiger partial charge is 0.465 e. The van der Waals surface area contributed by atoms with Crippen molar-refractivity contribution in [2.75, 3.05) is 7.11 Å². The number of ether oxygens (including phenoxy) is 1. The summed E-state index contributed by atoms with van der Waals surface area (Å²) in [5.74, 6) is 1.72. The Hall–Kier alpha value is -1.18. The van der Waals surface area contributed by atoms with Crippen molar-refractivity contribution in [2.45, 2.75) is 19.1 Å². The van der Waals surface area contributed by atoms with E-state index in [4.69, 9.17) is 28.5 Å². The minimum atomic E-state index is -0.532. The number of hydrogen-bond donors (Lipinski definition) is 0. The molecule has 1 aromatic carbocycles. The molecular formula is C12H10BCl2NO2. The Kier molecular flexibility index (Phi) is 3.84. The lowest BCUT2D eigenvalue weighted by molar-refractivity contribution is 0.0601. The van der Waals surface area contributed by atoms with Crippen molar-refractivity contribution >= 4 is 35.9 Å². The van der Waals surface area contributed by atoms with Gasteiger partial charge in [0.05, 0.1) is 22.7 Å². The van der Waals surface area contributed by atoms with Crippen molar-refractivity contribution in [1.82, 2.24) is 0 Å². The van der Waals surface area contributed by atoms with E-state index in [1.54, 1.807) is 6.07 Å². The molecule has 0 bridgehead atoms. The van der Waals surface area contributed by atoms with Crippen LogP contribution in [0, 0.1) is 11.2 Å². The molecule has 0 N–H and O–H groups in total. The first-order valence-electron chi connectivity index (χ1n) is 5.56. The van der Waals surface area contributed by atoms with Gasteiger partial charge in [-0.25, -0.2) is 10.1 Å². The van der Waals surface area contributed by atoms with Crippen molar-refractivity contribution in [3.05, 3.63) is 32.8 Å². The third kappa shape index (κ3) is 2.21. The van der Waals surface area contributed by atoms with Crippen LogP contribution in [0.15, 0.2) is 6.07 Å². The van der Waals surface area contributed by atoms with Crippen LogP contribution in [-0.4, -0.2) is 19.8 Å². The standard InChI is InChI=1S/C12H10BCl2NO2/c1-18-12(17)10-9(14)4-7-5-13(6-16)3-2-8(7)11(10)15/h4H,2-3,5H2,1H3. The molecule has 0 unspecified atom stereocenters. The Morgan fingerprint density at radius 1 is 1.56 bits per heavy atom. The van der Waals surface area contributed by atoms with Gasteiger partial charge in [0.1, 0.15) is 0 Å². The second kappa shape index (κ2) is 5.21. The van der Waals surface area contributed by atoms with Gasteiger partial charge in [-0.15, -0.1) is 0 Å². The minimum absolute atomic E-state index is 0.00592. The maximum absolute atomic E-state index is 11.6. The summed E-state index contributed by atoms with van der Waals surface area (Å²) in [6, 6.07) is 1.72. The molecule has 2 rings (SSSR count). The third-order valence-corrected chi connectivity index (χ3v) is 3.91. The Balaban J connectivity index is 2.52. The van der Waals surface area contributed by atoms with Gasteiger partial charge in [0, 0.05) is 5.97 Å². The Morgan fingerprint density at radius 2 is 2.28 bits per heavy atom. The van der Waals surface area contributed by atoms with Crippen molar-refractivity contribution in [1.29, 1.82) is 5.26 Å². The predicted octanol–water partition coefficient (Wildman–Crippen LogP) is 2.98. The molecule has 0 spiro atoms. The first-order chi connectivity index (χ1) is 8.58. The van der Waals surface area contributed by atoms with Crippen LogP contribution in [0.25, 0.3) is 0 Å². The van der Waals surface area contributed by atoms with E-state index in [1.807, 2.05) is 0 Å². The molecule has 0 saturated carbocycles. The monoisotopic (exact) mass is 281 g/mol. The topological polar surface area (TPSA) is 50.1 Å². The molecule has 18 heavy (non-hydrogen) atoms. The van der Waals surface area contributed by atoms with Crippen molar-refractivity contribution < 1.29 is 9.53 Å². The Morgan fingerprint density at radius 3 is 2.89 bits per heavy atom. The first-order valence-corrected chi connectivity index (χ1v) is 6.31. The number of esters is 1. The normalized spacial score (nSPS) is 13.8. The summed E-state index contributed by atoms with van der Waals surface area (Å²) in [7, 11) is 1.29. The number of rotatable bonds is 1. The van der Waals surface area contributed by atoms with E-state index in [2.05, 4.69) is 10.7 Å². The molecule has 6 heteroatoms. The van der Waals surface area contributed by atoms with E-state index in [-0.39, 0.29) is 17.3 Å². The average molecular weight is 282 g/mol. The summed E-state index contributed by atoms with van der Waals surface area (Å²) >= 11 is 12.3. The van der Waals surface area contributed by atoms with E-state index >= 15 is 0 Å². The maximum atomic E-state index is 11.6. The highest BCUT2D eigenvalue weighted by atomic mass is 35.5. The number of halogens is 2. The second-order valence-electron chi connectivity index (χ2n) is 4.25. The summed E-state index contributed by atoms with van der Waals surface area (Å²) in [5, 5.41) is 9.59. The molecule has 0 fully saturated rings. The SMILES string of the molecule is COC(=O)c1c(Cl)cc2c(c1Cl)CCB(C#N)C2. The molecule has 0 atom stereocenters. The molecule has 0 saturated heterocycles. The van der Waals surface area contributed by atoms with Gasteiger partial charge in [0.15, 0.2) is 0 Å². The number of methoxy groups -OCH3 is 1. The van der Waals surface area contributed by atoms with E-state index in [9.17, 15) is 4.79 Å². The Labute approximate surface area is 116 Å². The molecule has 3 nitrogen and oxygen atoms in total. The quantitative estimate of drug-likeness (QED) is 0.587. The molecular weight excluding hydrogens is 272 g/mol. The van der Waals surface area contributed by atoms with Crippen LogP contribution in [-0.2, 0) is 17.5 Å². The molecule has 0 aromatic heterocycles. The highest BCUT2D eigenvalue weighted by molar-refractivity contribution is 6.66. The highest BCUT2D eigenvalue weighted by Gasteiger charge is 2.28. The lowest BCUT2D eigenvalue weighted by Crippen LogP contribution is -2.23. The van der Waals surface area contributed by atoms with Gasteiger partial charge in [-0.3, -0.25) is 0 Å². The number of carbonyl (C=O) groups excluding carboxylic acids is 1. The molecule has 1 aliphatic heterocycles. The molecule has 0 radical (unpaired) electrons. The third-order valence-electron chi connectivity index (χ3n) is 3.19. The average Bonchev–Trinajstić information content (AvgIpc) is 2.37. The van der Waals surface area contributed by atoms with Gasteiger partial charge in [0.25, 0.3) is 6.71 Å². The number of hydrogen-bond acceptors (Lipinski definition) is 3. The number of nitrogens with zero attached hydrogens (tertiary/aromatic N) is 1. The molecule has 0 aliphatic carbocycles. The minimum Gasteiger partial charge on any atom is -0.465 e. The predicted molar refractivity (Wildman–Crippen MR) is 71.4 cm³/mol. The van der Waals surface area contributed by atoms with Gasteiger partial charge >= 0.3 is 5.97 Å². The molecule has 1 aromatic rings. The fourth-order valence-electron chi connectivity index (χ4n) is 2.25. The van der Waals surface area contributed by atoms with E-state index in [1.165, 1.54) is 7.11 Å². The zero-order valence-corrected chi connectivity index (χ0v) is 11.3. The van der Waals surface area contributed by atoms with Gasteiger partial charge in [-0.1, -0.05) is 29.5 Å². The maximum Gasteiger partial charge on any atom is 0.340 e. The summed E-state index contributed by atoms with van der Waals surface area (Å²) in [4.78, 5) is 11.6. The summed E-state index contributed by atoms with van der Waals surface area (Å²) in [6.07, 6.45) is 2.08. The zero-order chi connectivity index (χ0) is 13.3. The van der Waals surface area contributed by atoms with E-state index in [0.29, 0.717) is 17.8 Å². The summed E-state index contributed by atoms with van der Waals surface area (Å²) in [6.45, 7) is -0.00592. The number of nitriles is 1. The van der Waals surface area contributed by atoms with Crippen LogP contribution in [0.3, 0.4) is 0 Å². The van der Waals surface area contributed by atoms with Gasteiger partial charge in [0.2, 0.25) is 0 Å². The van der Waals surface area contributed by atoms with E-state index in [0.717, 1.165) is 17.4 Å². The van der Waals surface area contributed by atoms with Crippen LogP contribution in [0.4, 0.5) is 0 Å². The van der Waals surface area contributed by atoms with Crippen molar-refractivity contribution in [3.63, 3.8) is 0 Å². The summed E-state index contributed by atoms with van der Waals surface area (Å²) < 4.78 is 4.67. The lowest BCUT2D eigenvalue weighted by atomic mass is 9.42. The van der Waals surface area contributed by atoms with Crippen LogP contribution in [0.1, 0.15) is 21.5 Å². The van der Waals surface area contributed by atoms with Crippen LogP contribution in [0.2, 0.25) is 16.4 Å². The number of fused-ring (bicyclic) bond motifs is 1.